The molecule has 4 amide bonds. The van der Waals surface area contributed by atoms with Gasteiger partial charge in [0.05, 0.1) is 16.6 Å². The van der Waals surface area contributed by atoms with E-state index in [1.807, 2.05) is 42.5 Å². The number of imide groups is 1. The molecule has 13 nitrogen and oxygen atoms in total. The number of halogens is 3. The summed E-state index contributed by atoms with van der Waals surface area (Å²) in [5.74, 6) is -3.36. The molecule has 4 N–H and O–H groups in total. The number of carbonyl (C=O) groups excluding carboxylic acids is 4. The van der Waals surface area contributed by atoms with Gasteiger partial charge in [0, 0.05) is 87.8 Å². The van der Waals surface area contributed by atoms with Gasteiger partial charge in [-0.15, -0.1) is 0 Å². The first kappa shape index (κ1) is 39.2. The molecule has 4 aromatic carbocycles. The Balaban J connectivity index is 0.878. The Labute approximate surface area is 343 Å². The molecule has 16 heteroatoms. The summed E-state index contributed by atoms with van der Waals surface area (Å²) in [4.78, 5) is 57.1. The van der Waals surface area contributed by atoms with Gasteiger partial charge in [-0.2, -0.15) is 5.10 Å². The van der Waals surface area contributed by atoms with Gasteiger partial charge in [-0.05, 0) is 96.5 Å². The molecule has 1 atom stereocenters. The number of H-pyrrole nitrogens is 1. The lowest BCUT2D eigenvalue weighted by atomic mass is 10.0. The molecule has 0 saturated carbocycles. The smallest absolute Gasteiger partial charge is 0.258 e. The molecule has 1 unspecified atom stereocenters. The van der Waals surface area contributed by atoms with Crippen LogP contribution in [0, 0.1) is 17.5 Å². The summed E-state index contributed by atoms with van der Waals surface area (Å²) in [7, 11) is 0. The highest BCUT2D eigenvalue weighted by atomic mass is 19.1. The van der Waals surface area contributed by atoms with Crippen LogP contribution in [-0.2, 0) is 33.8 Å². The number of aromatic amines is 1. The number of hydrogen-bond acceptors (Lipinski definition) is 9. The van der Waals surface area contributed by atoms with E-state index in [0.29, 0.717) is 91.5 Å². The maximum atomic E-state index is 15.4. The van der Waals surface area contributed by atoms with E-state index in [2.05, 4.69) is 35.9 Å². The van der Waals surface area contributed by atoms with E-state index in [0.717, 1.165) is 35.7 Å². The number of hydrogen-bond donors (Lipinski definition) is 4. The van der Waals surface area contributed by atoms with Crippen LogP contribution in [0.25, 0.3) is 10.9 Å². The molecule has 310 valence electrons. The number of piperazine rings is 1. The zero-order valence-corrected chi connectivity index (χ0v) is 32.7. The number of amides is 4. The summed E-state index contributed by atoms with van der Waals surface area (Å²) >= 11 is 0. The highest BCUT2D eigenvalue weighted by molar-refractivity contribution is 6.11. The molecule has 3 saturated heterocycles. The molecule has 3 fully saturated rings. The predicted octanol–water partition coefficient (Wildman–Crippen LogP) is 5.50. The lowest BCUT2D eigenvalue weighted by Crippen LogP contribution is -2.52. The van der Waals surface area contributed by atoms with Crippen molar-refractivity contribution in [2.24, 2.45) is 0 Å². The molecule has 60 heavy (non-hydrogen) atoms. The summed E-state index contributed by atoms with van der Waals surface area (Å²) in [5, 5.41) is 16.9. The number of anilines is 3. The van der Waals surface area contributed by atoms with Crippen molar-refractivity contribution in [1.29, 1.82) is 0 Å². The van der Waals surface area contributed by atoms with E-state index >= 15 is 4.39 Å². The van der Waals surface area contributed by atoms with Crippen molar-refractivity contribution in [2.45, 2.75) is 57.3 Å². The standard InChI is InChI=1S/C44H43F3N8O5/c45-29-17-26(18-30(46)21-29)15-25-1-4-36-34(19-25)41(52-51-36)50-42(57)33-3-2-32(22-37(33)48-31-7-13-60-14-8-31)54-11-9-53(10-12-54)23-27-16-28-24-55(44(59)40(28)35(47)20-27)38-5-6-39(56)49-43(38)58/h1-4,16-22,31,38,48H,5-15,23-24H2,(H,49,56,58)(H2,50,51,52,57). The minimum atomic E-state index is -0.811. The number of ether oxygens (including phenoxy) is 1. The predicted molar refractivity (Wildman–Crippen MR) is 217 cm³/mol. The topological polar surface area (TPSA) is 152 Å². The second-order valence-electron chi connectivity index (χ2n) is 15.9. The Morgan fingerprint density at radius 1 is 0.850 bits per heavy atom. The highest BCUT2D eigenvalue weighted by Crippen LogP contribution is 2.33. The molecule has 0 aliphatic carbocycles. The third kappa shape index (κ3) is 8.16. The van der Waals surface area contributed by atoms with Gasteiger partial charge in [0.2, 0.25) is 11.8 Å². The lowest BCUT2D eigenvalue weighted by molar-refractivity contribution is -0.136. The van der Waals surface area contributed by atoms with Crippen LogP contribution in [0.5, 0.6) is 0 Å². The highest BCUT2D eigenvalue weighted by Gasteiger charge is 2.40. The first-order valence-electron chi connectivity index (χ1n) is 20.2. The fraction of sp³-hybridized carbons (Fsp3) is 0.341. The average molecular weight is 821 g/mol. The summed E-state index contributed by atoms with van der Waals surface area (Å²) in [5.41, 5.74) is 5.31. The zero-order chi connectivity index (χ0) is 41.5. The molecule has 0 bridgehead atoms. The second kappa shape index (κ2) is 16.4. The maximum absolute atomic E-state index is 15.4. The zero-order valence-electron chi connectivity index (χ0n) is 32.7. The van der Waals surface area contributed by atoms with Gasteiger partial charge in [-0.1, -0.05) is 12.1 Å². The number of nitrogens with zero attached hydrogens (tertiary/aromatic N) is 4. The van der Waals surface area contributed by atoms with E-state index in [4.69, 9.17) is 4.74 Å². The van der Waals surface area contributed by atoms with Crippen molar-refractivity contribution < 1.29 is 37.1 Å². The van der Waals surface area contributed by atoms with Crippen molar-refractivity contribution in [1.82, 2.24) is 25.3 Å². The molecular weight excluding hydrogens is 778 g/mol. The number of benzene rings is 4. The van der Waals surface area contributed by atoms with Crippen molar-refractivity contribution in [3.8, 4) is 0 Å². The third-order valence-electron chi connectivity index (χ3n) is 11.8. The van der Waals surface area contributed by atoms with Crippen LogP contribution in [0.2, 0.25) is 0 Å². The molecule has 5 aromatic rings. The van der Waals surface area contributed by atoms with Crippen LogP contribution in [-0.4, -0.2) is 95.1 Å². The van der Waals surface area contributed by atoms with Gasteiger partial charge in [-0.3, -0.25) is 34.5 Å². The third-order valence-corrected chi connectivity index (χ3v) is 11.8. The first-order chi connectivity index (χ1) is 29.0. The van der Waals surface area contributed by atoms with E-state index in [1.165, 1.54) is 23.1 Å². The van der Waals surface area contributed by atoms with Crippen molar-refractivity contribution in [3.63, 3.8) is 0 Å². The number of carbonyl (C=O) groups is 4. The second-order valence-corrected chi connectivity index (χ2v) is 15.9. The van der Waals surface area contributed by atoms with E-state index in [-0.39, 0.29) is 42.8 Å². The fourth-order valence-corrected chi connectivity index (χ4v) is 8.73. The van der Waals surface area contributed by atoms with Crippen LogP contribution < -0.4 is 20.9 Å². The van der Waals surface area contributed by atoms with Crippen molar-refractivity contribution in [3.05, 3.63) is 118 Å². The Morgan fingerprint density at radius 3 is 2.40 bits per heavy atom. The summed E-state index contributed by atoms with van der Waals surface area (Å²) in [6.45, 7) is 4.56. The minimum absolute atomic E-state index is 0.0149. The quantitative estimate of drug-likeness (QED) is 0.134. The van der Waals surface area contributed by atoms with E-state index in [1.54, 1.807) is 0 Å². The molecule has 1 aromatic heterocycles. The van der Waals surface area contributed by atoms with Crippen LogP contribution >= 0.6 is 0 Å². The Bertz CT molecular complexity index is 2490. The Hall–Kier alpha value is -6.26. The number of rotatable bonds is 10. The van der Waals surface area contributed by atoms with Gasteiger partial charge in [-0.25, -0.2) is 13.2 Å². The Kier molecular flexibility index (Phi) is 10.7. The van der Waals surface area contributed by atoms with Crippen molar-refractivity contribution in [2.75, 3.05) is 54.9 Å². The van der Waals surface area contributed by atoms with E-state index in [9.17, 15) is 28.0 Å². The largest absolute Gasteiger partial charge is 0.381 e. The van der Waals surface area contributed by atoms with Gasteiger partial charge >= 0.3 is 0 Å². The summed E-state index contributed by atoms with van der Waals surface area (Å²) in [6, 6.07) is 17.2. The molecular formula is C44H43F3N8O5. The van der Waals surface area contributed by atoms with E-state index < -0.39 is 35.3 Å². The molecule has 4 aliphatic heterocycles. The number of fused-ring (bicyclic) bond motifs is 2. The molecule has 0 radical (unpaired) electrons. The van der Waals surface area contributed by atoms with Crippen LogP contribution in [0.4, 0.5) is 30.4 Å². The SMILES string of the molecule is O=C1CCC(N2Cc3cc(CN4CCN(c5ccc(C(=O)Nc6n[nH]c7ccc(Cc8cc(F)cc(F)c8)cc67)c(NC6CCOCC6)c5)CC4)cc(F)c3C2=O)C(=O)N1. The monoisotopic (exact) mass is 820 g/mol. The van der Waals surface area contributed by atoms with Crippen molar-refractivity contribution >= 4 is 51.7 Å². The minimum Gasteiger partial charge on any atom is -0.381 e. The Morgan fingerprint density at radius 2 is 1.63 bits per heavy atom. The summed E-state index contributed by atoms with van der Waals surface area (Å²) < 4.78 is 48.8. The first-order valence-corrected chi connectivity index (χ1v) is 20.2. The maximum Gasteiger partial charge on any atom is 0.258 e. The van der Waals surface area contributed by atoms with Gasteiger partial charge in [0.1, 0.15) is 23.5 Å². The van der Waals surface area contributed by atoms with Gasteiger partial charge < -0.3 is 25.2 Å². The van der Waals surface area contributed by atoms with Gasteiger partial charge in [0.25, 0.3) is 11.8 Å². The fourth-order valence-electron chi connectivity index (χ4n) is 8.73. The van der Waals surface area contributed by atoms with Crippen LogP contribution in [0.15, 0.2) is 66.7 Å². The normalized spacial score (nSPS) is 18.9. The summed E-state index contributed by atoms with van der Waals surface area (Å²) in [6.07, 6.45) is 2.21. The number of nitrogens with one attached hydrogen (secondary N) is 4. The number of aromatic nitrogens is 2. The molecule has 0 spiro atoms. The molecule has 5 heterocycles. The van der Waals surface area contributed by atoms with Crippen LogP contribution in [0.3, 0.4) is 0 Å². The lowest BCUT2D eigenvalue weighted by Gasteiger charge is -2.36. The number of piperidine rings is 1. The average Bonchev–Trinajstić information content (AvgIpc) is 3.77. The molecule has 4 aliphatic rings. The molecule has 9 rings (SSSR count). The van der Waals surface area contributed by atoms with Gasteiger partial charge in [0.15, 0.2) is 5.82 Å². The van der Waals surface area contributed by atoms with Crippen LogP contribution in [0.1, 0.15) is 68.7 Å².